The number of hydrogen-bond donors (Lipinski definition) is 1. The minimum Gasteiger partial charge on any atom is -0.467 e. The van der Waals surface area contributed by atoms with Gasteiger partial charge in [-0.15, -0.1) is 0 Å². The zero-order valence-corrected chi connectivity index (χ0v) is 11.2. The van der Waals surface area contributed by atoms with E-state index in [1.807, 2.05) is 6.92 Å². The topological polar surface area (TPSA) is 55.4 Å². The standard InChI is InChI=1S/C14H15F2NO3/c1-7-5-9(7)13(18)17-12(14(19)20-2)10-6-8(15)3-4-11(10)16/h3-4,6-7,9,12H,5H2,1-2H3,(H,17,18)/t7-,9-,12-/m1/s1. The lowest BCUT2D eigenvalue weighted by molar-refractivity contribution is -0.145. The number of esters is 1. The molecule has 0 aromatic heterocycles. The molecule has 1 aliphatic rings. The van der Waals surface area contributed by atoms with Crippen LogP contribution < -0.4 is 5.32 Å². The molecule has 20 heavy (non-hydrogen) atoms. The van der Waals surface area contributed by atoms with Crippen molar-refractivity contribution < 1.29 is 23.1 Å². The van der Waals surface area contributed by atoms with Gasteiger partial charge in [-0.25, -0.2) is 13.6 Å². The van der Waals surface area contributed by atoms with Crippen LogP contribution in [0.25, 0.3) is 0 Å². The maximum Gasteiger partial charge on any atom is 0.333 e. The Labute approximate surface area is 115 Å². The van der Waals surface area contributed by atoms with E-state index in [1.165, 1.54) is 0 Å². The smallest absolute Gasteiger partial charge is 0.333 e. The first-order chi connectivity index (χ1) is 9.43. The molecule has 1 N–H and O–H groups in total. The first-order valence-corrected chi connectivity index (χ1v) is 6.27. The van der Waals surface area contributed by atoms with Gasteiger partial charge in [-0.1, -0.05) is 6.92 Å². The van der Waals surface area contributed by atoms with Crippen LogP contribution in [0, 0.1) is 23.5 Å². The molecule has 4 nitrogen and oxygen atoms in total. The molecule has 0 spiro atoms. The van der Waals surface area contributed by atoms with E-state index < -0.39 is 23.6 Å². The number of halogens is 2. The quantitative estimate of drug-likeness (QED) is 0.859. The van der Waals surface area contributed by atoms with Crippen molar-refractivity contribution in [2.75, 3.05) is 7.11 Å². The first-order valence-electron chi connectivity index (χ1n) is 6.27. The lowest BCUT2D eigenvalue weighted by Gasteiger charge is -2.17. The Morgan fingerprint density at radius 2 is 2.05 bits per heavy atom. The van der Waals surface area contributed by atoms with E-state index in [4.69, 9.17) is 0 Å². The van der Waals surface area contributed by atoms with Gasteiger partial charge in [-0.2, -0.15) is 0 Å². The summed E-state index contributed by atoms with van der Waals surface area (Å²) in [6.07, 6.45) is 0.728. The van der Waals surface area contributed by atoms with E-state index in [1.54, 1.807) is 0 Å². The molecule has 0 saturated heterocycles. The van der Waals surface area contributed by atoms with Crippen molar-refractivity contribution in [1.82, 2.24) is 5.32 Å². The van der Waals surface area contributed by atoms with E-state index in [9.17, 15) is 18.4 Å². The normalized spacial score (nSPS) is 22.0. The van der Waals surface area contributed by atoms with Crippen LogP contribution >= 0.6 is 0 Å². The van der Waals surface area contributed by atoms with Gasteiger partial charge in [0, 0.05) is 11.5 Å². The summed E-state index contributed by atoms with van der Waals surface area (Å²) < 4.78 is 31.5. The molecule has 2 rings (SSSR count). The third kappa shape index (κ3) is 2.95. The average molecular weight is 283 g/mol. The van der Waals surface area contributed by atoms with E-state index >= 15 is 0 Å². The molecule has 1 aromatic rings. The molecule has 0 unspecified atom stereocenters. The summed E-state index contributed by atoms with van der Waals surface area (Å²) in [4.78, 5) is 23.6. The number of rotatable bonds is 4. The third-order valence-corrected chi connectivity index (χ3v) is 3.44. The minimum absolute atomic E-state index is 0.182. The van der Waals surface area contributed by atoms with Crippen molar-refractivity contribution in [2.24, 2.45) is 11.8 Å². The molecule has 1 aliphatic carbocycles. The van der Waals surface area contributed by atoms with Gasteiger partial charge in [0.2, 0.25) is 5.91 Å². The molecule has 108 valence electrons. The Balaban J connectivity index is 2.25. The summed E-state index contributed by atoms with van der Waals surface area (Å²) in [5, 5.41) is 2.42. The van der Waals surface area contributed by atoms with Crippen molar-refractivity contribution in [1.29, 1.82) is 0 Å². The second-order valence-corrected chi connectivity index (χ2v) is 4.95. The number of hydrogen-bond acceptors (Lipinski definition) is 3. The Bertz CT molecular complexity index is 547. The van der Waals surface area contributed by atoms with Crippen molar-refractivity contribution in [3.63, 3.8) is 0 Å². The molecule has 6 heteroatoms. The van der Waals surface area contributed by atoms with Gasteiger partial charge in [-0.05, 0) is 30.5 Å². The van der Waals surface area contributed by atoms with Crippen molar-refractivity contribution in [3.8, 4) is 0 Å². The van der Waals surface area contributed by atoms with Crippen LogP contribution in [-0.4, -0.2) is 19.0 Å². The summed E-state index contributed by atoms with van der Waals surface area (Å²) in [6, 6.07) is 1.40. The van der Waals surface area contributed by atoms with Crippen molar-refractivity contribution in [3.05, 3.63) is 35.4 Å². The Hall–Kier alpha value is -1.98. The second kappa shape index (κ2) is 5.56. The highest BCUT2D eigenvalue weighted by molar-refractivity contribution is 5.88. The summed E-state index contributed by atoms with van der Waals surface area (Å²) in [6.45, 7) is 1.90. The van der Waals surface area contributed by atoms with Gasteiger partial charge in [0.25, 0.3) is 0 Å². The third-order valence-electron chi connectivity index (χ3n) is 3.44. The fourth-order valence-electron chi connectivity index (χ4n) is 2.05. The van der Waals surface area contributed by atoms with Gasteiger partial charge in [-0.3, -0.25) is 4.79 Å². The number of nitrogens with one attached hydrogen (secondary N) is 1. The van der Waals surface area contributed by atoms with Crippen LogP contribution in [0.5, 0.6) is 0 Å². The van der Waals surface area contributed by atoms with Gasteiger partial charge < -0.3 is 10.1 Å². The van der Waals surface area contributed by atoms with Crippen molar-refractivity contribution in [2.45, 2.75) is 19.4 Å². The number of benzene rings is 1. The number of amides is 1. The van der Waals surface area contributed by atoms with Gasteiger partial charge in [0.1, 0.15) is 11.6 Å². The maximum absolute atomic E-state index is 13.7. The zero-order valence-electron chi connectivity index (χ0n) is 11.2. The van der Waals surface area contributed by atoms with Crippen LogP contribution in [0.1, 0.15) is 24.9 Å². The molecular formula is C14H15F2NO3. The number of methoxy groups -OCH3 is 1. The highest BCUT2D eigenvalue weighted by Crippen LogP contribution is 2.38. The van der Waals surface area contributed by atoms with E-state index in [-0.39, 0.29) is 23.3 Å². The minimum atomic E-state index is -1.34. The largest absolute Gasteiger partial charge is 0.467 e. The maximum atomic E-state index is 13.7. The molecule has 0 bridgehead atoms. The lowest BCUT2D eigenvalue weighted by atomic mass is 10.1. The summed E-state index contributed by atoms with van der Waals surface area (Å²) >= 11 is 0. The monoisotopic (exact) mass is 283 g/mol. The first kappa shape index (κ1) is 14.4. The van der Waals surface area contributed by atoms with E-state index in [2.05, 4.69) is 10.1 Å². The second-order valence-electron chi connectivity index (χ2n) is 4.95. The molecule has 0 aliphatic heterocycles. The summed E-state index contributed by atoms with van der Waals surface area (Å²) in [5.41, 5.74) is -0.237. The Morgan fingerprint density at radius 1 is 1.40 bits per heavy atom. The predicted octanol–water partition coefficient (Wildman–Crippen LogP) is 1.95. The lowest BCUT2D eigenvalue weighted by Crippen LogP contribution is -2.36. The fraction of sp³-hybridized carbons (Fsp3) is 0.429. The summed E-state index contributed by atoms with van der Waals surface area (Å²) in [7, 11) is 1.12. The van der Waals surface area contributed by atoms with Crippen LogP contribution in [0.4, 0.5) is 8.78 Å². The van der Waals surface area contributed by atoms with Gasteiger partial charge in [0.05, 0.1) is 7.11 Å². The van der Waals surface area contributed by atoms with Gasteiger partial charge in [0.15, 0.2) is 6.04 Å². The SMILES string of the molecule is COC(=O)[C@H](NC(=O)[C@@H]1C[C@H]1C)c1cc(F)ccc1F. The highest BCUT2D eigenvalue weighted by atomic mass is 19.1. The van der Waals surface area contributed by atoms with Crippen LogP contribution in [0.15, 0.2) is 18.2 Å². The zero-order chi connectivity index (χ0) is 14.9. The predicted molar refractivity (Wildman–Crippen MR) is 66.5 cm³/mol. The molecule has 1 aromatic carbocycles. The molecular weight excluding hydrogens is 268 g/mol. The van der Waals surface area contributed by atoms with E-state index in [0.717, 1.165) is 31.7 Å². The van der Waals surface area contributed by atoms with Gasteiger partial charge >= 0.3 is 5.97 Å². The average Bonchev–Trinajstić information content (AvgIpc) is 3.15. The molecule has 1 fully saturated rings. The summed E-state index contributed by atoms with van der Waals surface area (Å²) in [5.74, 6) is -2.59. The Morgan fingerprint density at radius 3 is 2.60 bits per heavy atom. The van der Waals surface area contributed by atoms with Crippen molar-refractivity contribution >= 4 is 11.9 Å². The molecule has 0 heterocycles. The number of ether oxygens (including phenoxy) is 1. The van der Waals surface area contributed by atoms with Crippen LogP contribution in [-0.2, 0) is 14.3 Å². The number of carbonyl (C=O) groups is 2. The highest BCUT2D eigenvalue weighted by Gasteiger charge is 2.41. The molecule has 0 radical (unpaired) electrons. The molecule has 1 saturated carbocycles. The fourth-order valence-corrected chi connectivity index (χ4v) is 2.05. The van der Waals surface area contributed by atoms with Crippen LogP contribution in [0.2, 0.25) is 0 Å². The Kier molecular flexibility index (Phi) is 4.01. The number of carbonyl (C=O) groups excluding carboxylic acids is 2. The van der Waals surface area contributed by atoms with Crippen LogP contribution in [0.3, 0.4) is 0 Å². The molecule has 1 amide bonds. The van der Waals surface area contributed by atoms with E-state index in [0.29, 0.717) is 0 Å². The molecule has 3 atom stereocenters.